The molecule has 0 aliphatic carbocycles. The van der Waals surface area contributed by atoms with Gasteiger partial charge in [-0.05, 0) is 30.3 Å². The van der Waals surface area contributed by atoms with Crippen molar-refractivity contribution >= 4 is 22.9 Å². The zero-order chi connectivity index (χ0) is 18.5. The van der Waals surface area contributed by atoms with Gasteiger partial charge in [0, 0.05) is 42.8 Å². The smallest absolute Gasteiger partial charge is 0.254 e. The van der Waals surface area contributed by atoms with E-state index in [4.69, 9.17) is 4.74 Å². The van der Waals surface area contributed by atoms with Gasteiger partial charge in [-0.2, -0.15) is 0 Å². The highest BCUT2D eigenvalue weighted by Crippen LogP contribution is 2.19. The molecule has 2 heterocycles. The third-order valence-electron chi connectivity index (χ3n) is 4.64. The third kappa shape index (κ3) is 4.28. The summed E-state index contributed by atoms with van der Waals surface area (Å²) in [5.74, 6) is 0.749. The quantitative estimate of drug-likeness (QED) is 0.678. The van der Waals surface area contributed by atoms with E-state index in [1.54, 1.807) is 16.8 Å². The summed E-state index contributed by atoms with van der Waals surface area (Å²) < 4.78 is 5.77. The summed E-state index contributed by atoms with van der Waals surface area (Å²) in [6.07, 6.45) is 0. The number of anilines is 1. The van der Waals surface area contributed by atoms with Crippen LogP contribution in [0.4, 0.5) is 5.69 Å². The second-order valence-electron chi connectivity index (χ2n) is 6.41. The monoisotopic (exact) mass is 379 g/mol. The summed E-state index contributed by atoms with van der Waals surface area (Å²) in [7, 11) is 0. The van der Waals surface area contributed by atoms with Gasteiger partial charge in [0.25, 0.3) is 5.91 Å². The van der Waals surface area contributed by atoms with Crippen LogP contribution in [0.3, 0.4) is 0 Å². The molecule has 1 aliphatic heterocycles. The van der Waals surface area contributed by atoms with Crippen molar-refractivity contribution in [3.05, 3.63) is 76.7 Å². The molecule has 138 valence electrons. The zero-order valence-electron chi connectivity index (χ0n) is 15.0. The number of para-hydroxylation sites is 1. The van der Waals surface area contributed by atoms with Crippen molar-refractivity contribution in [2.75, 3.05) is 31.1 Å². The number of aromatic nitrogens is 1. The standard InChI is InChI=1S/C21H21N3O2S/c25-21(24-11-9-23(10-12-24)19-6-2-1-3-7-19)17-5-4-8-20(13-17)26-14-18-15-27-16-22-18/h1-8,13,15-16H,9-12,14H2. The van der Waals surface area contributed by atoms with E-state index in [1.165, 1.54) is 5.69 Å². The highest BCUT2D eigenvalue weighted by atomic mass is 32.1. The minimum atomic E-state index is 0.0572. The average Bonchev–Trinajstić information content (AvgIpc) is 3.26. The van der Waals surface area contributed by atoms with Gasteiger partial charge in [-0.3, -0.25) is 4.79 Å². The van der Waals surface area contributed by atoms with Crippen LogP contribution in [0, 0.1) is 0 Å². The van der Waals surface area contributed by atoms with Gasteiger partial charge in [0.15, 0.2) is 0 Å². The van der Waals surface area contributed by atoms with Gasteiger partial charge in [0.05, 0.1) is 11.2 Å². The highest BCUT2D eigenvalue weighted by molar-refractivity contribution is 7.07. The molecule has 0 saturated carbocycles. The molecule has 1 fully saturated rings. The predicted octanol–water partition coefficient (Wildman–Crippen LogP) is 3.68. The van der Waals surface area contributed by atoms with Crippen LogP contribution in [0.25, 0.3) is 0 Å². The lowest BCUT2D eigenvalue weighted by atomic mass is 10.1. The zero-order valence-corrected chi connectivity index (χ0v) is 15.8. The number of piperazine rings is 1. The van der Waals surface area contributed by atoms with Gasteiger partial charge >= 0.3 is 0 Å². The topological polar surface area (TPSA) is 45.7 Å². The molecule has 1 amide bonds. The first-order valence-corrected chi connectivity index (χ1v) is 9.93. The Labute approximate surface area is 162 Å². The van der Waals surface area contributed by atoms with Crippen molar-refractivity contribution in [3.8, 4) is 5.75 Å². The Balaban J connectivity index is 1.36. The first kappa shape index (κ1) is 17.5. The Hall–Kier alpha value is -2.86. The molecule has 0 bridgehead atoms. The molecule has 0 radical (unpaired) electrons. The molecule has 1 saturated heterocycles. The molecule has 2 aromatic carbocycles. The number of thiazole rings is 1. The van der Waals surface area contributed by atoms with E-state index >= 15 is 0 Å². The molecular formula is C21H21N3O2S. The van der Waals surface area contributed by atoms with E-state index in [2.05, 4.69) is 22.0 Å². The predicted molar refractivity (Wildman–Crippen MR) is 107 cm³/mol. The Bertz CT molecular complexity index is 875. The van der Waals surface area contributed by atoms with E-state index in [-0.39, 0.29) is 5.91 Å². The van der Waals surface area contributed by atoms with E-state index in [0.29, 0.717) is 17.9 Å². The van der Waals surface area contributed by atoms with Gasteiger partial charge in [0.2, 0.25) is 0 Å². The first-order valence-electron chi connectivity index (χ1n) is 8.99. The van der Waals surface area contributed by atoms with Crippen molar-refractivity contribution in [3.63, 3.8) is 0 Å². The summed E-state index contributed by atoms with van der Waals surface area (Å²) >= 11 is 1.54. The SMILES string of the molecule is O=C(c1cccc(OCc2cscn2)c1)N1CCN(c2ccccc2)CC1. The van der Waals surface area contributed by atoms with Gasteiger partial charge in [0.1, 0.15) is 12.4 Å². The number of amides is 1. The van der Waals surface area contributed by atoms with Crippen LogP contribution in [0.1, 0.15) is 16.1 Å². The van der Waals surface area contributed by atoms with E-state index in [1.807, 2.05) is 52.7 Å². The molecular weight excluding hydrogens is 358 g/mol. The number of nitrogens with zero attached hydrogens (tertiary/aromatic N) is 3. The molecule has 6 heteroatoms. The van der Waals surface area contributed by atoms with Crippen LogP contribution in [-0.2, 0) is 6.61 Å². The normalized spacial score (nSPS) is 14.2. The van der Waals surface area contributed by atoms with Crippen molar-refractivity contribution in [2.24, 2.45) is 0 Å². The summed E-state index contributed by atoms with van der Waals surface area (Å²) in [6.45, 7) is 3.54. The van der Waals surface area contributed by atoms with E-state index in [9.17, 15) is 4.79 Å². The molecule has 0 unspecified atom stereocenters. The number of rotatable bonds is 5. The second kappa shape index (κ2) is 8.22. The largest absolute Gasteiger partial charge is 0.487 e. The van der Waals surface area contributed by atoms with Crippen molar-refractivity contribution in [1.29, 1.82) is 0 Å². The number of carbonyl (C=O) groups excluding carboxylic acids is 1. The van der Waals surface area contributed by atoms with Gasteiger partial charge in [-0.25, -0.2) is 4.98 Å². The number of carbonyl (C=O) groups is 1. The van der Waals surface area contributed by atoms with Crippen molar-refractivity contribution in [1.82, 2.24) is 9.88 Å². The summed E-state index contributed by atoms with van der Waals surface area (Å²) in [4.78, 5) is 21.3. The van der Waals surface area contributed by atoms with Crippen LogP contribution in [0.15, 0.2) is 65.5 Å². The van der Waals surface area contributed by atoms with Gasteiger partial charge in [-0.1, -0.05) is 24.3 Å². The third-order valence-corrected chi connectivity index (χ3v) is 5.27. The fourth-order valence-electron chi connectivity index (χ4n) is 3.17. The summed E-state index contributed by atoms with van der Waals surface area (Å²) in [5.41, 5.74) is 4.56. The Morgan fingerprint density at radius 3 is 2.59 bits per heavy atom. The molecule has 5 nitrogen and oxygen atoms in total. The maximum absolute atomic E-state index is 12.9. The maximum Gasteiger partial charge on any atom is 0.254 e. The van der Waals surface area contributed by atoms with Crippen LogP contribution in [-0.4, -0.2) is 42.0 Å². The number of benzene rings is 2. The molecule has 4 rings (SSSR count). The lowest BCUT2D eigenvalue weighted by Crippen LogP contribution is -2.48. The Kier molecular flexibility index (Phi) is 5.34. The average molecular weight is 379 g/mol. The molecule has 0 N–H and O–H groups in total. The summed E-state index contributed by atoms with van der Waals surface area (Å²) in [5, 5.41) is 1.96. The van der Waals surface area contributed by atoms with Crippen LogP contribution < -0.4 is 9.64 Å². The lowest BCUT2D eigenvalue weighted by molar-refractivity contribution is 0.0746. The molecule has 3 aromatic rings. The maximum atomic E-state index is 12.9. The Morgan fingerprint density at radius 1 is 1.04 bits per heavy atom. The molecule has 1 aliphatic rings. The van der Waals surface area contributed by atoms with Crippen molar-refractivity contribution in [2.45, 2.75) is 6.61 Å². The second-order valence-corrected chi connectivity index (χ2v) is 7.13. The molecule has 1 aromatic heterocycles. The van der Waals surface area contributed by atoms with Crippen LogP contribution in [0.2, 0.25) is 0 Å². The Morgan fingerprint density at radius 2 is 1.85 bits per heavy atom. The van der Waals surface area contributed by atoms with Crippen LogP contribution >= 0.6 is 11.3 Å². The lowest BCUT2D eigenvalue weighted by Gasteiger charge is -2.36. The van der Waals surface area contributed by atoms with E-state index in [0.717, 1.165) is 31.9 Å². The summed E-state index contributed by atoms with van der Waals surface area (Å²) in [6, 6.07) is 17.7. The van der Waals surface area contributed by atoms with Crippen molar-refractivity contribution < 1.29 is 9.53 Å². The minimum Gasteiger partial charge on any atom is -0.487 e. The molecule has 27 heavy (non-hydrogen) atoms. The van der Waals surface area contributed by atoms with E-state index < -0.39 is 0 Å². The fraction of sp³-hybridized carbons (Fsp3) is 0.238. The van der Waals surface area contributed by atoms with Crippen LogP contribution in [0.5, 0.6) is 5.75 Å². The first-order chi connectivity index (χ1) is 13.3. The number of ether oxygens (including phenoxy) is 1. The number of hydrogen-bond donors (Lipinski definition) is 0. The molecule has 0 atom stereocenters. The van der Waals surface area contributed by atoms with Gasteiger partial charge in [-0.15, -0.1) is 11.3 Å². The van der Waals surface area contributed by atoms with Gasteiger partial charge < -0.3 is 14.5 Å². The molecule has 0 spiro atoms. The fourth-order valence-corrected chi connectivity index (χ4v) is 3.72. The minimum absolute atomic E-state index is 0.0572. The highest BCUT2D eigenvalue weighted by Gasteiger charge is 2.22. The number of hydrogen-bond acceptors (Lipinski definition) is 5.